The van der Waals surface area contributed by atoms with Gasteiger partial charge >= 0.3 is 0 Å². The second-order valence-corrected chi connectivity index (χ2v) is 10.6. The van der Waals surface area contributed by atoms with Crippen molar-refractivity contribution < 1.29 is 9.47 Å². The van der Waals surface area contributed by atoms with E-state index < -0.39 is 0 Å². The molecule has 34 heavy (non-hydrogen) atoms. The van der Waals surface area contributed by atoms with Crippen molar-refractivity contribution in [3.8, 4) is 34.0 Å². The van der Waals surface area contributed by atoms with E-state index in [1.54, 1.807) is 6.20 Å². The third kappa shape index (κ3) is 4.44. The molecule has 1 unspecified atom stereocenters. The minimum atomic E-state index is 0.119. The van der Waals surface area contributed by atoms with Crippen LogP contribution in [0.25, 0.3) is 22.3 Å². The van der Waals surface area contributed by atoms with Gasteiger partial charge in [0.25, 0.3) is 0 Å². The number of hydrogen-bond acceptors (Lipinski definition) is 7. The maximum absolute atomic E-state index is 6.13. The van der Waals surface area contributed by atoms with Crippen LogP contribution < -0.4 is 19.7 Å². The second kappa shape index (κ2) is 8.24. The zero-order valence-corrected chi connectivity index (χ0v) is 20.0. The number of nitrogens with one attached hydrogen (secondary N) is 1. The van der Waals surface area contributed by atoms with Gasteiger partial charge in [0.1, 0.15) is 18.5 Å². The first-order valence-corrected chi connectivity index (χ1v) is 12.2. The van der Waals surface area contributed by atoms with Crippen LogP contribution in [0, 0.1) is 0 Å². The monoisotopic (exact) mass is 457 g/mol. The van der Waals surface area contributed by atoms with Gasteiger partial charge in [-0.2, -0.15) is 10.1 Å². The molecule has 176 valence electrons. The molecular weight excluding hydrogens is 426 g/mol. The number of rotatable bonds is 5. The Morgan fingerprint density at radius 3 is 2.71 bits per heavy atom. The highest BCUT2D eigenvalue weighted by Gasteiger charge is 2.28. The summed E-state index contributed by atoms with van der Waals surface area (Å²) < 4.78 is 11.9. The lowest BCUT2D eigenvalue weighted by atomic mass is 9.95. The van der Waals surface area contributed by atoms with Gasteiger partial charge in [-0.15, -0.1) is 5.10 Å². The minimum absolute atomic E-state index is 0.119. The van der Waals surface area contributed by atoms with Crippen LogP contribution in [0.15, 0.2) is 42.6 Å². The van der Waals surface area contributed by atoms with Crippen LogP contribution in [0.3, 0.4) is 0 Å². The normalized spacial score (nSPS) is 19.4. The molecule has 2 fully saturated rings. The van der Waals surface area contributed by atoms with E-state index in [9.17, 15) is 0 Å². The summed E-state index contributed by atoms with van der Waals surface area (Å²) in [6.07, 6.45) is 5.41. The maximum atomic E-state index is 6.13. The van der Waals surface area contributed by atoms with E-state index in [2.05, 4.69) is 71.5 Å². The summed E-state index contributed by atoms with van der Waals surface area (Å²) in [6, 6.07) is 13.2. The van der Waals surface area contributed by atoms with E-state index >= 15 is 0 Å². The predicted octanol–water partition coefficient (Wildman–Crippen LogP) is 4.61. The Morgan fingerprint density at radius 1 is 1.03 bits per heavy atom. The summed E-state index contributed by atoms with van der Waals surface area (Å²) in [5, 5.41) is 12.0. The molecule has 0 spiro atoms. The number of pyridine rings is 1. The van der Waals surface area contributed by atoms with Crippen molar-refractivity contribution in [2.75, 3.05) is 18.0 Å². The van der Waals surface area contributed by atoms with E-state index in [0.717, 1.165) is 66.3 Å². The highest BCUT2D eigenvalue weighted by molar-refractivity contribution is 5.78. The smallest absolute Gasteiger partial charge is 0.234 e. The molecule has 7 nitrogen and oxygen atoms in total. The van der Waals surface area contributed by atoms with E-state index in [4.69, 9.17) is 14.5 Å². The Morgan fingerprint density at radius 2 is 1.88 bits per heavy atom. The van der Waals surface area contributed by atoms with Crippen LogP contribution in [0.2, 0.25) is 0 Å². The number of aromatic nitrogens is 3. The van der Waals surface area contributed by atoms with Crippen LogP contribution in [0.1, 0.15) is 45.6 Å². The number of ether oxygens (including phenoxy) is 2. The van der Waals surface area contributed by atoms with Crippen molar-refractivity contribution in [1.82, 2.24) is 20.5 Å². The van der Waals surface area contributed by atoms with Gasteiger partial charge in [-0.1, -0.05) is 12.1 Å². The van der Waals surface area contributed by atoms with E-state index in [1.807, 2.05) is 6.07 Å². The highest BCUT2D eigenvalue weighted by Crippen LogP contribution is 2.39. The third-order valence-electron chi connectivity index (χ3n) is 6.53. The molecule has 0 radical (unpaired) electrons. The molecule has 2 aromatic heterocycles. The summed E-state index contributed by atoms with van der Waals surface area (Å²) in [5.74, 6) is 2.30. The van der Waals surface area contributed by atoms with E-state index in [1.165, 1.54) is 5.56 Å². The molecule has 0 amide bonds. The standard InChI is InChI=1S/C27H31N5O2/c1-27(2,3)30-20-10-11-32(15-20)24-9-8-23-22-7-4-17(12-19(22)16-33-26(23)29-24)18-13-25(31-28-14-18)34-21-5-6-21/h4,7-9,12-14,20-21,30H,5-6,10-11,15-16H2,1-3H3. The van der Waals surface area contributed by atoms with Gasteiger partial charge < -0.3 is 19.7 Å². The van der Waals surface area contributed by atoms with Crippen molar-refractivity contribution >= 4 is 5.82 Å². The van der Waals surface area contributed by atoms with Crippen LogP contribution in [-0.4, -0.2) is 46.0 Å². The fourth-order valence-corrected chi connectivity index (χ4v) is 4.84. The van der Waals surface area contributed by atoms with E-state index in [-0.39, 0.29) is 5.54 Å². The predicted molar refractivity (Wildman–Crippen MR) is 132 cm³/mol. The molecule has 1 saturated heterocycles. The van der Waals surface area contributed by atoms with Crippen LogP contribution in [-0.2, 0) is 6.61 Å². The van der Waals surface area contributed by atoms with Crippen LogP contribution in [0.4, 0.5) is 5.82 Å². The molecular formula is C27H31N5O2. The molecule has 4 heterocycles. The fourth-order valence-electron chi connectivity index (χ4n) is 4.84. The molecule has 1 saturated carbocycles. The van der Waals surface area contributed by atoms with Gasteiger partial charge in [0.15, 0.2) is 0 Å². The van der Waals surface area contributed by atoms with Crippen molar-refractivity contribution in [3.05, 3.63) is 48.2 Å². The molecule has 1 atom stereocenters. The summed E-state index contributed by atoms with van der Waals surface area (Å²) in [7, 11) is 0. The lowest BCUT2D eigenvalue weighted by Gasteiger charge is -2.26. The number of fused-ring (bicyclic) bond motifs is 3. The molecule has 1 N–H and O–H groups in total. The third-order valence-corrected chi connectivity index (χ3v) is 6.53. The molecule has 7 heteroatoms. The molecule has 0 bridgehead atoms. The van der Waals surface area contributed by atoms with E-state index in [0.29, 0.717) is 24.6 Å². The average molecular weight is 458 g/mol. The second-order valence-electron chi connectivity index (χ2n) is 10.6. The van der Waals surface area contributed by atoms with Crippen LogP contribution in [0.5, 0.6) is 11.8 Å². The van der Waals surface area contributed by atoms with Crippen molar-refractivity contribution in [2.24, 2.45) is 0 Å². The van der Waals surface area contributed by atoms with Gasteiger partial charge in [-0.25, -0.2) is 0 Å². The lowest BCUT2D eigenvalue weighted by Crippen LogP contribution is -2.44. The van der Waals surface area contributed by atoms with Crippen molar-refractivity contribution in [1.29, 1.82) is 0 Å². The number of nitrogens with zero attached hydrogens (tertiary/aromatic N) is 4. The van der Waals surface area contributed by atoms with Gasteiger partial charge in [0.2, 0.25) is 11.8 Å². The summed E-state index contributed by atoms with van der Waals surface area (Å²) in [6.45, 7) is 9.13. The molecule has 3 aliphatic rings. The Hall–Kier alpha value is -3.19. The molecule has 6 rings (SSSR count). The van der Waals surface area contributed by atoms with Crippen LogP contribution >= 0.6 is 0 Å². The Labute approximate surface area is 200 Å². The lowest BCUT2D eigenvalue weighted by molar-refractivity contribution is 0.287. The first-order chi connectivity index (χ1) is 16.4. The Balaban J connectivity index is 1.22. The zero-order valence-electron chi connectivity index (χ0n) is 20.0. The SMILES string of the molecule is CC(C)(C)NC1CCN(c2ccc3c(n2)OCc2cc(-c4cnnc(OC5CC5)c4)ccc2-3)C1. The molecule has 1 aliphatic carbocycles. The molecule has 1 aromatic carbocycles. The highest BCUT2D eigenvalue weighted by atomic mass is 16.5. The van der Waals surface area contributed by atoms with Gasteiger partial charge in [-0.05, 0) is 74.9 Å². The van der Waals surface area contributed by atoms with Gasteiger partial charge in [0, 0.05) is 41.9 Å². The number of anilines is 1. The minimum Gasteiger partial charge on any atom is -0.473 e. The maximum Gasteiger partial charge on any atom is 0.234 e. The first-order valence-electron chi connectivity index (χ1n) is 12.2. The largest absolute Gasteiger partial charge is 0.473 e. The van der Waals surface area contributed by atoms with Gasteiger partial charge in [0.05, 0.1) is 6.20 Å². The fraction of sp³-hybridized carbons (Fsp3) is 0.444. The zero-order chi connectivity index (χ0) is 23.3. The summed E-state index contributed by atoms with van der Waals surface area (Å²) in [5.41, 5.74) is 5.57. The number of hydrogen-bond donors (Lipinski definition) is 1. The van der Waals surface area contributed by atoms with Gasteiger partial charge in [-0.3, -0.25) is 0 Å². The molecule has 2 aliphatic heterocycles. The average Bonchev–Trinajstić information content (AvgIpc) is 3.52. The molecule has 3 aromatic rings. The Kier molecular flexibility index (Phi) is 5.17. The van der Waals surface area contributed by atoms with Crippen molar-refractivity contribution in [2.45, 2.75) is 64.3 Å². The Bertz CT molecular complexity index is 1220. The topological polar surface area (TPSA) is 72.4 Å². The first kappa shape index (κ1) is 21.4. The summed E-state index contributed by atoms with van der Waals surface area (Å²) >= 11 is 0. The summed E-state index contributed by atoms with van der Waals surface area (Å²) in [4.78, 5) is 7.24. The number of benzene rings is 1. The van der Waals surface area contributed by atoms with Crippen molar-refractivity contribution in [3.63, 3.8) is 0 Å². The quantitative estimate of drug-likeness (QED) is 0.600.